The van der Waals surface area contributed by atoms with E-state index in [2.05, 4.69) is 25.8 Å². The Morgan fingerprint density at radius 1 is 1.00 bits per heavy atom. The fraction of sp³-hybridized carbons (Fsp3) is 0.190. The summed E-state index contributed by atoms with van der Waals surface area (Å²) in [6, 6.07) is 10.5. The Morgan fingerprint density at radius 2 is 1.71 bits per heavy atom. The number of alkyl halides is 3. The highest BCUT2D eigenvalue weighted by Crippen LogP contribution is 2.31. The van der Waals surface area contributed by atoms with Gasteiger partial charge in [-0.05, 0) is 30.3 Å². The van der Waals surface area contributed by atoms with Gasteiger partial charge in [0.05, 0.1) is 28.2 Å². The minimum Gasteiger partial charge on any atom is -0.350 e. The molecule has 0 unspecified atom stereocenters. The molecule has 0 radical (unpaired) electrons. The average Bonchev–Trinajstić information content (AvgIpc) is 3.42. The van der Waals surface area contributed by atoms with Crippen molar-refractivity contribution in [3.8, 4) is 0 Å². The van der Waals surface area contributed by atoms with Crippen LogP contribution in [0, 0.1) is 0 Å². The number of nitrogens with zero attached hydrogens (tertiary/aromatic N) is 4. The molecule has 2 aromatic carbocycles. The SMILES string of the molecule is O=C(NCCNC(=O)c1ccc(Cl)cc1Cl)c1nc(Cn2c(C(F)(F)F)nc3ccccc32)no1. The highest BCUT2D eigenvalue weighted by Gasteiger charge is 2.38. The van der Waals surface area contributed by atoms with E-state index in [1.54, 1.807) is 12.1 Å². The van der Waals surface area contributed by atoms with Crippen LogP contribution in [0.2, 0.25) is 10.0 Å². The zero-order valence-electron chi connectivity index (χ0n) is 17.6. The summed E-state index contributed by atoms with van der Waals surface area (Å²) in [7, 11) is 0. The van der Waals surface area contributed by atoms with Gasteiger partial charge in [-0.15, -0.1) is 0 Å². The normalized spacial score (nSPS) is 11.6. The fourth-order valence-corrected chi connectivity index (χ4v) is 3.69. The lowest BCUT2D eigenvalue weighted by atomic mass is 10.2. The first-order valence-corrected chi connectivity index (χ1v) is 10.8. The van der Waals surface area contributed by atoms with Crippen LogP contribution >= 0.6 is 23.2 Å². The molecule has 9 nitrogen and oxygen atoms in total. The number of fused-ring (bicyclic) bond motifs is 1. The summed E-state index contributed by atoms with van der Waals surface area (Å²) in [4.78, 5) is 31.9. The molecule has 4 rings (SSSR count). The van der Waals surface area contributed by atoms with Gasteiger partial charge in [0.15, 0.2) is 5.82 Å². The summed E-state index contributed by atoms with van der Waals surface area (Å²) in [5, 5.41) is 9.19. The number of hydrogen-bond acceptors (Lipinski definition) is 6. The molecule has 0 saturated heterocycles. The molecule has 182 valence electrons. The lowest BCUT2D eigenvalue weighted by Gasteiger charge is -2.09. The molecule has 2 N–H and O–H groups in total. The van der Waals surface area contributed by atoms with Gasteiger partial charge in [-0.1, -0.05) is 40.5 Å². The van der Waals surface area contributed by atoms with Crippen molar-refractivity contribution in [1.29, 1.82) is 0 Å². The second-order valence-corrected chi connectivity index (χ2v) is 8.00. The zero-order chi connectivity index (χ0) is 25.2. The molecule has 0 spiro atoms. The highest BCUT2D eigenvalue weighted by atomic mass is 35.5. The van der Waals surface area contributed by atoms with Gasteiger partial charge < -0.3 is 19.7 Å². The van der Waals surface area contributed by atoms with Gasteiger partial charge in [0.2, 0.25) is 5.82 Å². The monoisotopic (exact) mass is 526 g/mol. The first-order valence-electron chi connectivity index (χ1n) is 10.00. The average molecular weight is 527 g/mol. The van der Waals surface area contributed by atoms with Crippen molar-refractivity contribution in [2.24, 2.45) is 0 Å². The molecule has 0 bridgehead atoms. The predicted molar refractivity (Wildman–Crippen MR) is 119 cm³/mol. The number of nitrogens with one attached hydrogen (secondary N) is 2. The molecule has 2 heterocycles. The second kappa shape index (κ2) is 9.92. The van der Waals surface area contributed by atoms with Crippen molar-refractivity contribution < 1.29 is 27.3 Å². The van der Waals surface area contributed by atoms with E-state index in [-0.39, 0.29) is 40.5 Å². The zero-order valence-corrected chi connectivity index (χ0v) is 19.1. The maximum Gasteiger partial charge on any atom is 0.449 e. The fourth-order valence-electron chi connectivity index (χ4n) is 3.20. The molecular formula is C21H15Cl2F3N6O3. The van der Waals surface area contributed by atoms with Gasteiger partial charge in [-0.3, -0.25) is 9.59 Å². The number of benzene rings is 2. The molecular weight excluding hydrogens is 512 g/mol. The topological polar surface area (TPSA) is 115 Å². The number of halogens is 5. The Kier molecular flexibility index (Phi) is 6.94. The van der Waals surface area contributed by atoms with Crippen LogP contribution in [-0.2, 0) is 12.7 Å². The van der Waals surface area contributed by atoms with Crippen LogP contribution in [0.25, 0.3) is 11.0 Å². The van der Waals surface area contributed by atoms with E-state index in [0.29, 0.717) is 5.02 Å². The first-order chi connectivity index (χ1) is 16.6. The van der Waals surface area contributed by atoms with Crippen molar-refractivity contribution >= 4 is 46.0 Å². The largest absolute Gasteiger partial charge is 0.449 e. The quantitative estimate of drug-likeness (QED) is 0.352. The maximum atomic E-state index is 13.4. The van der Waals surface area contributed by atoms with Crippen LogP contribution in [0.4, 0.5) is 13.2 Å². The lowest BCUT2D eigenvalue weighted by molar-refractivity contribution is -0.146. The number of para-hydroxylation sites is 2. The van der Waals surface area contributed by atoms with Crippen LogP contribution in [-0.4, -0.2) is 44.6 Å². The van der Waals surface area contributed by atoms with Gasteiger partial charge in [0.25, 0.3) is 5.91 Å². The molecule has 0 aliphatic rings. The third kappa shape index (κ3) is 5.54. The summed E-state index contributed by atoms with van der Waals surface area (Å²) in [6.07, 6.45) is -4.70. The van der Waals surface area contributed by atoms with Crippen LogP contribution < -0.4 is 10.6 Å². The Morgan fingerprint density at radius 3 is 2.43 bits per heavy atom. The molecule has 0 aliphatic heterocycles. The van der Waals surface area contributed by atoms with E-state index in [0.717, 1.165) is 4.57 Å². The third-order valence-electron chi connectivity index (χ3n) is 4.74. The summed E-state index contributed by atoms with van der Waals surface area (Å²) in [5.41, 5.74) is 0.601. The van der Waals surface area contributed by atoms with E-state index in [1.165, 1.54) is 30.3 Å². The van der Waals surface area contributed by atoms with E-state index >= 15 is 0 Å². The number of hydrogen-bond donors (Lipinski definition) is 2. The van der Waals surface area contributed by atoms with Crippen LogP contribution in [0.5, 0.6) is 0 Å². The maximum absolute atomic E-state index is 13.4. The minimum atomic E-state index is -4.70. The van der Waals surface area contributed by atoms with E-state index in [1.807, 2.05) is 0 Å². The molecule has 0 aliphatic carbocycles. The van der Waals surface area contributed by atoms with Crippen molar-refractivity contribution in [3.05, 3.63) is 75.6 Å². The number of imidazole rings is 1. The summed E-state index contributed by atoms with van der Waals surface area (Å²) >= 11 is 11.8. The molecule has 2 aromatic heterocycles. The van der Waals surface area contributed by atoms with E-state index < -0.39 is 36.3 Å². The van der Waals surface area contributed by atoms with E-state index in [9.17, 15) is 22.8 Å². The van der Waals surface area contributed by atoms with Gasteiger partial charge in [0.1, 0.15) is 0 Å². The third-order valence-corrected chi connectivity index (χ3v) is 5.29. The lowest BCUT2D eigenvalue weighted by Crippen LogP contribution is -2.35. The van der Waals surface area contributed by atoms with Gasteiger partial charge in [-0.25, -0.2) is 4.98 Å². The van der Waals surface area contributed by atoms with Crippen molar-refractivity contribution in [3.63, 3.8) is 0 Å². The number of rotatable bonds is 7. The number of carbonyl (C=O) groups excluding carboxylic acids is 2. The Balaban J connectivity index is 1.36. The summed E-state index contributed by atoms with van der Waals surface area (Å²) in [6.45, 7) is -0.345. The molecule has 0 saturated carbocycles. The Hall–Kier alpha value is -3.64. The molecule has 2 amide bonds. The highest BCUT2D eigenvalue weighted by molar-refractivity contribution is 6.36. The molecule has 14 heteroatoms. The number of amides is 2. The van der Waals surface area contributed by atoms with Gasteiger partial charge >= 0.3 is 18.0 Å². The van der Waals surface area contributed by atoms with Crippen LogP contribution in [0.15, 0.2) is 47.0 Å². The Labute approximate surface area is 205 Å². The first kappa shape index (κ1) is 24.5. The molecule has 4 aromatic rings. The van der Waals surface area contributed by atoms with E-state index in [4.69, 9.17) is 27.7 Å². The Bertz CT molecular complexity index is 1400. The van der Waals surface area contributed by atoms with Crippen molar-refractivity contribution in [1.82, 2.24) is 30.3 Å². The summed E-state index contributed by atoms with van der Waals surface area (Å²) < 4.78 is 46.1. The molecule has 0 fully saturated rings. The van der Waals surface area contributed by atoms with Gasteiger partial charge in [0, 0.05) is 18.1 Å². The number of carbonyl (C=O) groups is 2. The molecule has 0 atom stereocenters. The summed E-state index contributed by atoms with van der Waals surface area (Å²) in [5.74, 6) is -2.92. The van der Waals surface area contributed by atoms with Crippen LogP contribution in [0.1, 0.15) is 32.7 Å². The van der Waals surface area contributed by atoms with Crippen molar-refractivity contribution in [2.75, 3.05) is 13.1 Å². The second-order valence-electron chi connectivity index (χ2n) is 7.16. The predicted octanol–water partition coefficient (Wildman–Crippen LogP) is 3.95. The van der Waals surface area contributed by atoms with Crippen molar-refractivity contribution in [2.45, 2.75) is 12.7 Å². The van der Waals surface area contributed by atoms with Crippen LogP contribution in [0.3, 0.4) is 0 Å². The smallest absolute Gasteiger partial charge is 0.350 e. The van der Waals surface area contributed by atoms with Gasteiger partial charge in [-0.2, -0.15) is 18.2 Å². The molecule has 35 heavy (non-hydrogen) atoms. The standard InChI is InChI=1S/C21H15Cl2F3N6O3/c22-11-5-6-12(13(23)9-11)17(33)27-7-8-28-18(34)19-30-16(31-35-19)10-32-15-4-2-1-3-14(15)29-20(32)21(24,25)26/h1-6,9H,7-8,10H2,(H,27,33)(H,28,34). The number of aromatic nitrogens is 4. The minimum absolute atomic E-state index is 0.0118.